The molecule has 1 fully saturated rings. The third kappa shape index (κ3) is 4.75. The second-order valence-corrected chi connectivity index (χ2v) is 7.34. The number of benzene rings is 1. The van der Waals surface area contributed by atoms with Gasteiger partial charge in [0.1, 0.15) is 5.60 Å². The van der Waals surface area contributed by atoms with Crippen molar-refractivity contribution in [2.45, 2.75) is 32.9 Å². The lowest BCUT2D eigenvalue weighted by Crippen LogP contribution is -2.50. The minimum Gasteiger partial charge on any atom is -0.444 e. The first-order chi connectivity index (χ1) is 11.9. The molecule has 6 heteroatoms. The summed E-state index contributed by atoms with van der Waals surface area (Å²) in [7, 11) is 0. The lowest BCUT2D eigenvalue weighted by Gasteiger charge is -2.36. The molecule has 1 amide bonds. The summed E-state index contributed by atoms with van der Waals surface area (Å²) >= 11 is 0. The van der Waals surface area contributed by atoms with E-state index in [4.69, 9.17) is 4.74 Å². The SMILES string of the molecule is CC(C)(C)OC(=O)N1CCN(c2cnn(Cc3ccccc3)c2)CC1. The van der Waals surface area contributed by atoms with Crippen LogP contribution in [-0.2, 0) is 11.3 Å². The van der Waals surface area contributed by atoms with Crippen LogP contribution in [0.1, 0.15) is 26.3 Å². The summed E-state index contributed by atoms with van der Waals surface area (Å²) in [5.74, 6) is 0. The Hall–Kier alpha value is -2.50. The van der Waals surface area contributed by atoms with Gasteiger partial charge in [0.2, 0.25) is 0 Å². The molecule has 1 aromatic heterocycles. The second-order valence-electron chi connectivity index (χ2n) is 7.34. The minimum atomic E-state index is -0.452. The van der Waals surface area contributed by atoms with Crippen molar-refractivity contribution >= 4 is 11.8 Å². The van der Waals surface area contributed by atoms with Crippen molar-refractivity contribution in [2.75, 3.05) is 31.1 Å². The molecule has 134 valence electrons. The monoisotopic (exact) mass is 342 g/mol. The molecular weight excluding hydrogens is 316 g/mol. The number of ether oxygens (including phenoxy) is 1. The first kappa shape index (κ1) is 17.3. The number of hydrogen-bond donors (Lipinski definition) is 0. The standard InChI is InChI=1S/C19H26N4O2/c1-19(2,3)25-18(24)22-11-9-21(10-12-22)17-13-20-23(15-17)14-16-7-5-4-6-8-16/h4-8,13,15H,9-12,14H2,1-3H3. The highest BCUT2D eigenvalue weighted by Crippen LogP contribution is 2.18. The molecule has 0 saturated carbocycles. The number of carbonyl (C=O) groups excluding carboxylic acids is 1. The molecule has 0 radical (unpaired) electrons. The summed E-state index contributed by atoms with van der Waals surface area (Å²) in [6, 6.07) is 10.3. The van der Waals surface area contributed by atoms with Gasteiger partial charge in [0, 0.05) is 32.4 Å². The molecule has 1 aliphatic heterocycles. The van der Waals surface area contributed by atoms with Crippen LogP contribution in [0.4, 0.5) is 10.5 Å². The van der Waals surface area contributed by atoms with Crippen LogP contribution < -0.4 is 4.90 Å². The quantitative estimate of drug-likeness (QED) is 0.860. The van der Waals surface area contributed by atoms with Gasteiger partial charge in [0.15, 0.2) is 0 Å². The largest absolute Gasteiger partial charge is 0.444 e. The van der Waals surface area contributed by atoms with Crippen molar-refractivity contribution in [3.8, 4) is 0 Å². The molecule has 0 bridgehead atoms. The lowest BCUT2D eigenvalue weighted by atomic mass is 10.2. The van der Waals surface area contributed by atoms with Crippen LogP contribution in [0.15, 0.2) is 42.7 Å². The van der Waals surface area contributed by atoms with Crippen molar-refractivity contribution < 1.29 is 9.53 Å². The number of piperazine rings is 1. The van der Waals surface area contributed by atoms with E-state index in [9.17, 15) is 4.79 Å². The molecule has 2 aromatic rings. The summed E-state index contributed by atoms with van der Waals surface area (Å²) in [5.41, 5.74) is 1.87. The molecule has 0 N–H and O–H groups in total. The Morgan fingerprint density at radius 1 is 1.12 bits per heavy atom. The van der Waals surface area contributed by atoms with E-state index in [0.29, 0.717) is 13.1 Å². The molecule has 2 heterocycles. The molecule has 1 saturated heterocycles. The van der Waals surface area contributed by atoms with Crippen molar-refractivity contribution in [2.24, 2.45) is 0 Å². The molecule has 3 rings (SSSR count). The molecule has 6 nitrogen and oxygen atoms in total. The van der Waals surface area contributed by atoms with Crippen molar-refractivity contribution in [1.82, 2.24) is 14.7 Å². The van der Waals surface area contributed by atoms with Crippen LogP contribution in [0.5, 0.6) is 0 Å². The first-order valence-corrected chi connectivity index (χ1v) is 8.70. The average Bonchev–Trinajstić information content (AvgIpc) is 3.03. The van der Waals surface area contributed by atoms with Crippen LogP contribution in [-0.4, -0.2) is 52.6 Å². The van der Waals surface area contributed by atoms with Crippen LogP contribution in [0.25, 0.3) is 0 Å². The second kappa shape index (κ2) is 7.17. The number of aromatic nitrogens is 2. The summed E-state index contributed by atoms with van der Waals surface area (Å²) in [4.78, 5) is 16.2. The molecule has 0 atom stereocenters. The van der Waals surface area contributed by atoms with Gasteiger partial charge in [-0.15, -0.1) is 0 Å². The number of anilines is 1. The first-order valence-electron chi connectivity index (χ1n) is 8.70. The fraction of sp³-hybridized carbons (Fsp3) is 0.474. The molecule has 0 aliphatic carbocycles. The lowest BCUT2D eigenvalue weighted by molar-refractivity contribution is 0.0240. The summed E-state index contributed by atoms with van der Waals surface area (Å²) in [5, 5.41) is 4.46. The van der Waals surface area contributed by atoms with Crippen LogP contribution in [0.2, 0.25) is 0 Å². The van der Waals surface area contributed by atoms with E-state index in [-0.39, 0.29) is 6.09 Å². The topological polar surface area (TPSA) is 50.6 Å². The molecule has 1 aromatic carbocycles. The maximum atomic E-state index is 12.1. The highest BCUT2D eigenvalue weighted by Gasteiger charge is 2.26. The third-order valence-corrected chi connectivity index (χ3v) is 4.10. The summed E-state index contributed by atoms with van der Waals surface area (Å²) in [6.07, 6.45) is 3.73. The zero-order chi connectivity index (χ0) is 17.9. The predicted molar refractivity (Wildman–Crippen MR) is 97.8 cm³/mol. The highest BCUT2D eigenvalue weighted by atomic mass is 16.6. The summed E-state index contributed by atoms with van der Waals surface area (Å²) in [6.45, 7) is 9.34. The molecule has 0 spiro atoms. The zero-order valence-corrected chi connectivity index (χ0v) is 15.2. The zero-order valence-electron chi connectivity index (χ0n) is 15.2. The molecule has 1 aliphatic rings. The van der Waals surface area contributed by atoms with E-state index in [2.05, 4.69) is 28.3 Å². The number of amides is 1. The Balaban J connectivity index is 1.54. The van der Waals surface area contributed by atoms with E-state index in [1.807, 2.05) is 49.8 Å². The van der Waals surface area contributed by atoms with Gasteiger partial charge in [-0.1, -0.05) is 30.3 Å². The maximum Gasteiger partial charge on any atom is 0.410 e. The van der Waals surface area contributed by atoms with E-state index in [1.54, 1.807) is 4.90 Å². The van der Waals surface area contributed by atoms with Gasteiger partial charge in [-0.2, -0.15) is 5.10 Å². The van der Waals surface area contributed by atoms with Gasteiger partial charge >= 0.3 is 6.09 Å². The fourth-order valence-electron chi connectivity index (χ4n) is 2.85. The maximum absolute atomic E-state index is 12.1. The Bertz CT molecular complexity index is 698. The van der Waals surface area contributed by atoms with Gasteiger partial charge in [-0.25, -0.2) is 4.79 Å². The van der Waals surface area contributed by atoms with E-state index in [0.717, 1.165) is 25.3 Å². The molecule has 25 heavy (non-hydrogen) atoms. The Morgan fingerprint density at radius 2 is 1.80 bits per heavy atom. The van der Waals surface area contributed by atoms with Crippen molar-refractivity contribution in [1.29, 1.82) is 0 Å². The van der Waals surface area contributed by atoms with Gasteiger partial charge in [-0.3, -0.25) is 4.68 Å². The van der Waals surface area contributed by atoms with Gasteiger partial charge in [-0.05, 0) is 26.3 Å². The van der Waals surface area contributed by atoms with Crippen molar-refractivity contribution in [3.63, 3.8) is 0 Å². The van der Waals surface area contributed by atoms with Gasteiger partial charge in [0.25, 0.3) is 0 Å². The van der Waals surface area contributed by atoms with Crippen LogP contribution >= 0.6 is 0 Å². The van der Waals surface area contributed by atoms with Crippen molar-refractivity contribution in [3.05, 3.63) is 48.3 Å². The Labute approximate surface area is 149 Å². The Kier molecular flexibility index (Phi) is 4.97. The van der Waals surface area contributed by atoms with E-state index in [1.165, 1.54) is 5.56 Å². The van der Waals surface area contributed by atoms with Crippen LogP contribution in [0, 0.1) is 0 Å². The van der Waals surface area contributed by atoms with E-state index < -0.39 is 5.60 Å². The fourth-order valence-corrected chi connectivity index (χ4v) is 2.85. The van der Waals surface area contributed by atoms with Crippen LogP contribution in [0.3, 0.4) is 0 Å². The smallest absolute Gasteiger partial charge is 0.410 e. The Morgan fingerprint density at radius 3 is 2.44 bits per heavy atom. The average molecular weight is 342 g/mol. The predicted octanol–water partition coefficient (Wildman–Crippen LogP) is 2.99. The molecule has 0 unspecified atom stereocenters. The molecular formula is C19H26N4O2. The van der Waals surface area contributed by atoms with Gasteiger partial charge < -0.3 is 14.5 Å². The number of hydrogen-bond acceptors (Lipinski definition) is 4. The number of carbonyl (C=O) groups is 1. The summed E-state index contributed by atoms with van der Waals surface area (Å²) < 4.78 is 7.39. The number of rotatable bonds is 3. The highest BCUT2D eigenvalue weighted by molar-refractivity contribution is 5.68. The van der Waals surface area contributed by atoms with Gasteiger partial charge in [0.05, 0.1) is 18.4 Å². The number of nitrogens with zero attached hydrogens (tertiary/aromatic N) is 4. The third-order valence-electron chi connectivity index (χ3n) is 4.10. The van der Waals surface area contributed by atoms with E-state index >= 15 is 0 Å². The normalized spacial score (nSPS) is 15.3. The minimum absolute atomic E-state index is 0.230.